The van der Waals surface area contributed by atoms with Gasteiger partial charge in [-0.05, 0) is 30.7 Å². The van der Waals surface area contributed by atoms with E-state index in [2.05, 4.69) is 15.3 Å². The van der Waals surface area contributed by atoms with E-state index in [-0.39, 0.29) is 11.1 Å². The van der Waals surface area contributed by atoms with Crippen molar-refractivity contribution < 1.29 is 4.79 Å². The maximum absolute atomic E-state index is 11.9. The van der Waals surface area contributed by atoms with Crippen molar-refractivity contribution in [3.05, 3.63) is 53.1 Å². The fourth-order valence-corrected chi connectivity index (χ4v) is 1.61. The van der Waals surface area contributed by atoms with Crippen molar-refractivity contribution in [1.82, 2.24) is 9.97 Å². The molecule has 0 atom stereocenters. The first kappa shape index (κ1) is 11.5. The third-order valence-electron chi connectivity index (χ3n) is 2.28. The number of nitrogens with one attached hydrogen (secondary N) is 1. The number of amides is 1. The van der Waals surface area contributed by atoms with Gasteiger partial charge in [0.05, 0.1) is 11.3 Å². The van der Waals surface area contributed by atoms with Gasteiger partial charge in [0.2, 0.25) is 0 Å². The number of anilines is 1. The number of hydrogen-bond acceptors (Lipinski definition) is 3. The second-order valence-electron chi connectivity index (χ2n) is 3.49. The van der Waals surface area contributed by atoms with Crippen LogP contribution in [0.25, 0.3) is 0 Å². The number of carbonyl (C=O) groups excluding carboxylic acids is 1. The molecule has 0 bridgehead atoms. The summed E-state index contributed by atoms with van der Waals surface area (Å²) < 4.78 is 0. The minimum Gasteiger partial charge on any atom is -0.319 e. The first-order chi connectivity index (χ1) is 8.18. The number of rotatable bonds is 2. The topological polar surface area (TPSA) is 54.9 Å². The van der Waals surface area contributed by atoms with Crippen molar-refractivity contribution in [3.63, 3.8) is 0 Å². The highest BCUT2D eigenvalue weighted by Crippen LogP contribution is 2.23. The minimum atomic E-state index is -0.254. The van der Waals surface area contributed by atoms with Crippen LogP contribution in [0.5, 0.6) is 0 Å². The Hall–Kier alpha value is -1.94. The van der Waals surface area contributed by atoms with Gasteiger partial charge in [-0.25, -0.2) is 4.98 Å². The molecule has 0 fully saturated rings. The average Bonchev–Trinajstić information content (AvgIpc) is 2.35. The lowest BCUT2D eigenvalue weighted by molar-refractivity contribution is 0.102. The van der Waals surface area contributed by atoms with Crippen molar-refractivity contribution in [1.29, 1.82) is 0 Å². The third kappa shape index (κ3) is 2.60. The van der Waals surface area contributed by atoms with Gasteiger partial charge in [0, 0.05) is 18.6 Å². The van der Waals surface area contributed by atoms with Gasteiger partial charge in [0.25, 0.3) is 5.91 Å². The molecule has 0 saturated carbocycles. The standard InChI is InChI=1S/C12H10ClN3O/c1-8-4-6-15-11(13)10(8)16-12(17)9-3-2-5-14-7-9/h2-7H,1H3,(H,16,17). The molecule has 1 N–H and O–H groups in total. The van der Waals surface area contributed by atoms with Gasteiger partial charge < -0.3 is 5.32 Å². The van der Waals surface area contributed by atoms with Gasteiger partial charge in [-0.2, -0.15) is 0 Å². The highest BCUT2D eigenvalue weighted by molar-refractivity contribution is 6.32. The fraction of sp³-hybridized carbons (Fsp3) is 0.0833. The molecule has 86 valence electrons. The zero-order chi connectivity index (χ0) is 12.3. The number of pyridine rings is 2. The summed E-state index contributed by atoms with van der Waals surface area (Å²) in [7, 11) is 0. The van der Waals surface area contributed by atoms with Crippen molar-refractivity contribution in [2.24, 2.45) is 0 Å². The van der Waals surface area contributed by atoms with Crippen LogP contribution in [-0.4, -0.2) is 15.9 Å². The lowest BCUT2D eigenvalue weighted by Crippen LogP contribution is -2.13. The summed E-state index contributed by atoms with van der Waals surface area (Å²) >= 11 is 5.92. The number of aromatic nitrogens is 2. The van der Waals surface area contributed by atoms with E-state index in [0.29, 0.717) is 11.3 Å². The molecule has 0 radical (unpaired) electrons. The summed E-state index contributed by atoms with van der Waals surface area (Å²) in [5.41, 5.74) is 1.87. The summed E-state index contributed by atoms with van der Waals surface area (Å²) in [5, 5.41) is 3.00. The molecule has 1 amide bonds. The van der Waals surface area contributed by atoms with Gasteiger partial charge in [-0.1, -0.05) is 11.6 Å². The molecular weight excluding hydrogens is 238 g/mol. The average molecular weight is 248 g/mol. The molecule has 0 saturated heterocycles. The first-order valence-electron chi connectivity index (χ1n) is 5.01. The van der Waals surface area contributed by atoms with Gasteiger partial charge in [0.1, 0.15) is 0 Å². The van der Waals surface area contributed by atoms with Crippen molar-refractivity contribution in [2.45, 2.75) is 6.92 Å². The largest absolute Gasteiger partial charge is 0.319 e. The van der Waals surface area contributed by atoms with Crippen LogP contribution in [0.15, 0.2) is 36.8 Å². The van der Waals surface area contributed by atoms with E-state index >= 15 is 0 Å². The molecule has 2 aromatic rings. The van der Waals surface area contributed by atoms with Gasteiger partial charge in [-0.15, -0.1) is 0 Å². The molecule has 0 aromatic carbocycles. The zero-order valence-electron chi connectivity index (χ0n) is 9.14. The van der Waals surface area contributed by atoms with E-state index in [9.17, 15) is 4.79 Å². The molecule has 2 rings (SSSR count). The van der Waals surface area contributed by atoms with Crippen molar-refractivity contribution in [3.8, 4) is 0 Å². The van der Waals surface area contributed by atoms with Crippen LogP contribution in [0.1, 0.15) is 15.9 Å². The minimum absolute atomic E-state index is 0.254. The normalized spacial score (nSPS) is 10.0. The molecule has 4 nitrogen and oxygen atoms in total. The van der Waals surface area contributed by atoms with Crippen LogP contribution in [-0.2, 0) is 0 Å². The van der Waals surface area contributed by atoms with Gasteiger partial charge in [-0.3, -0.25) is 9.78 Å². The molecule has 0 aliphatic rings. The van der Waals surface area contributed by atoms with Crippen LogP contribution in [0.2, 0.25) is 5.15 Å². The quantitative estimate of drug-likeness (QED) is 0.830. The van der Waals surface area contributed by atoms with Crippen molar-refractivity contribution in [2.75, 3.05) is 5.32 Å². The molecule has 2 heterocycles. The Labute approximate surface area is 104 Å². The number of hydrogen-bond donors (Lipinski definition) is 1. The van der Waals surface area contributed by atoms with Crippen LogP contribution in [0, 0.1) is 6.92 Å². The second kappa shape index (κ2) is 4.93. The summed E-state index contributed by atoms with van der Waals surface area (Å²) in [6.45, 7) is 1.85. The SMILES string of the molecule is Cc1ccnc(Cl)c1NC(=O)c1cccnc1. The molecule has 0 unspecified atom stereocenters. The van der Waals surface area contributed by atoms with Crippen molar-refractivity contribution >= 4 is 23.2 Å². The fourth-order valence-electron chi connectivity index (χ4n) is 1.36. The molecule has 17 heavy (non-hydrogen) atoms. The molecule has 5 heteroatoms. The summed E-state index contributed by atoms with van der Waals surface area (Å²) in [4.78, 5) is 19.7. The number of nitrogens with zero attached hydrogens (tertiary/aromatic N) is 2. The molecular formula is C12H10ClN3O. The number of aryl methyl sites for hydroxylation is 1. The van der Waals surface area contributed by atoms with Crippen LogP contribution >= 0.6 is 11.6 Å². The number of halogens is 1. The third-order valence-corrected chi connectivity index (χ3v) is 2.56. The summed E-state index contributed by atoms with van der Waals surface area (Å²) in [6, 6.07) is 5.17. The molecule has 0 aliphatic carbocycles. The Kier molecular flexibility index (Phi) is 3.35. The molecule has 0 aliphatic heterocycles. The van der Waals surface area contributed by atoms with E-state index in [1.165, 1.54) is 6.20 Å². The number of carbonyl (C=O) groups is 1. The van der Waals surface area contributed by atoms with E-state index in [1.807, 2.05) is 6.92 Å². The summed E-state index contributed by atoms with van der Waals surface area (Å²) in [5.74, 6) is -0.254. The first-order valence-corrected chi connectivity index (χ1v) is 5.39. The Balaban J connectivity index is 2.25. The monoisotopic (exact) mass is 247 g/mol. The highest BCUT2D eigenvalue weighted by atomic mass is 35.5. The lowest BCUT2D eigenvalue weighted by Gasteiger charge is -2.08. The molecule has 2 aromatic heterocycles. The molecule has 0 spiro atoms. The van der Waals surface area contributed by atoms with Crippen LogP contribution in [0.4, 0.5) is 5.69 Å². The van der Waals surface area contributed by atoms with Gasteiger partial charge >= 0.3 is 0 Å². The van der Waals surface area contributed by atoms with E-state index in [0.717, 1.165) is 5.56 Å². The van der Waals surface area contributed by atoms with E-state index in [1.54, 1.807) is 30.6 Å². The van der Waals surface area contributed by atoms with E-state index in [4.69, 9.17) is 11.6 Å². The van der Waals surface area contributed by atoms with Crippen LogP contribution in [0.3, 0.4) is 0 Å². The maximum atomic E-state index is 11.9. The lowest BCUT2D eigenvalue weighted by atomic mass is 10.2. The Morgan fingerprint density at radius 1 is 1.35 bits per heavy atom. The zero-order valence-corrected chi connectivity index (χ0v) is 9.90. The second-order valence-corrected chi connectivity index (χ2v) is 3.85. The Bertz CT molecular complexity index is 522. The van der Waals surface area contributed by atoms with Crippen LogP contribution < -0.4 is 5.32 Å². The highest BCUT2D eigenvalue weighted by Gasteiger charge is 2.10. The summed E-state index contributed by atoms with van der Waals surface area (Å²) in [6.07, 6.45) is 4.70. The maximum Gasteiger partial charge on any atom is 0.257 e. The predicted molar refractivity (Wildman–Crippen MR) is 66.2 cm³/mol. The Morgan fingerprint density at radius 3 is 2.82 bits per heavy atom. The predicted octanol–water partition coefficient (Wildman–Crippen LogP) is 2.69. The smallest absolute Gasteiger partial charge is 0.257 e. The van der Waals surface area contributed by atoms with E-state index < -0.39 is 0 Å². The Morgan fingerprint density at radius 2 is 2.18 bits per heavy atom. The van der Waals surface area contributed by atoms with Gasteiger partial charge in [0.15, 0.2) is 5.15 Å².